The molecular weight excluding hydrogens is 440 g/mol. The van der Waals surface area contributed by atoms with Crippen molar-refractivity contribution in [1.82, 2.24) is 0 Å². The average molecular weight is 475 g/mol. The zero-order valence-electron chi connectivity index (χ0n) is 20.2. The van der Waals surface area contributed by atoms with Crippen LogP contribution < -0.4 is 10.4 Å². The number of ether oxygens (including phenoxy) is 1. The molecule has 3 aromatic rings. The predicted molar refractivity (Wildman–Crippen MR) is 138 cm³/mol. The Hall–Kier alpha value is -2.73. The maximum absolute atomic E-state index is 11.6. The molecule has 1 fully saturated rings. The average Bonchev–Trinajstić information content (AvgIpc) is 2.83. The zero-order chi connectivity index (χ0) is 24.2. The van der Waals surface area contributed by atoms with Gasteiger partial charge in [-0.1, -0.05) is 112 Å². The number of carboxylic acid groups (broad SMARTS) is 1. The Kier molecular flexibility index (Phi) is 7.36. The highest BCUT2D eigenvalue weighted by Gasteiger charge is 2.52. The van der Waals surface area contributed by atoms with Crippen LogP contribution in [0.15, 0.2) is 91.0 Å². The molecule has 0 amide bonds. The van der Waals surface area contributed by atoms with Crippen LogP contribution in [0.2, 0.25) is 5.04 Å². The molecule has 0 spiro atoms. The van der Waals surface area contributed by atoms with Gasteiger partial charge >= 0.3 is 5.97 Å². The van der Waals surface area contributed by atoms with E-state index in [1.165, 1.54) is 10.4 Å². The van der Waals surface area contributed by atoms with E-state index in [1.54, 1.807) is 0 Å². The van der Waals surface area contributed by atoms with Crippen molar-refractivity contribution in [2.75, 3.05) is 0 Å². The summed E-state index contributed by atoms with van der Waals surface area (Å²) in [5.41, 5.74) is 1.06. The fourth-order valence-corrected chi connectivity index (χ4v) is 9.92. The van der Waals surface area contributed by atoms with Crippen molar-refractivity contribution in [3.8, 4) is 0 Å². The number of carboxylic acids is 1. The summed E-state index contributed by atoms with van der Waals surface area (Å²) in [4.78, 5) is 11.6. The molecule has 0 radical (unpaired) electrons. The first-order chi connectivity index (χ1) is 16.3. The summed E-state index contributed by atoms with van der Waals surface area (Å²) in [6.07, 6.45) is 0.547. The quantitative estimate of drug-likeness (QED) is 0.471. The fourth-order valence-electron chi connectivity index (χ4n) is 5.22. The lowest BCUT2D eigenvalue weighted by atomic mass is 9.95. The summed E-state index contributed by atoms with van der Waals surface area (Å²) in [7, 11) is -2.74. The van der Waals surface area contributed by atoms with E-state index in [1.807, 2.05) is 42.5 Å². The number of aliphatic carboxylic acids is 1. The van der Waals surface area contributed by atoms with Crippen molar-refractivity contribution in [3.05, 3.63) is 96.6 Å². The van der Waals surface area contributed by atoms with Crippen molar-refractivity contribution < 1.29 is 19.1 Å². The van der Waals surface area contributed by atoms with E-state index in [9.17, 15) is 9.90 Å². The molecule has 0 saturated carbocycles. The van der Waals surface area contributed by atoms with Crippen LogP contribution in [0.5, 0.6) is 0 Å². The van der Waals surface area contributed by atoms with Gasteiger partial charge in [-0.15, -0.1) is 0 Å². The number of hydrogen-bond donors (Lipinski definition) is 1. The molecule has 4 rings (SSSR count). The molecule has 1 saturated heterocycles. The first-order valence-corrected chi connectivity index (χ1v) is 13.9. The molecule has 34 heavy (non-hydrogen) atoms. The lowest BCUT2D eigenvalue weighted by Gasteiger charge is -2.47. The maximum Gasteiger partial charge on any atom is 0.305 e. The lowest BCUT2D eigenvalue weighted by Crippen LogP contribution is -2.68. The monoisotopic (exact) mass is 474 g/mol. The van der Waals surface area contributed by atoms with Gasteiger partial charge in [-0.25, -0.2) is 0 Å². The second kappa shape index (κ2) is 10.3. The highest BCUT2D eigenvalue weighted by molar-refractivity contribution is 6.99. The van der Waals surface area contributed by atoms with Crippen LogP contribution in [0.4, 0.5) is 0 Å². The van der Waals surface area contributed by atoms with Crippen molar-refractivity contribution in [3.63, 3.8) is 0 Å². The van der Waals surface area contributed by atoms with Gasteiger partial charge in [0.1, 0.15) is 0 Å². The van der Waals surface area contributed by atoms with Crippen LogP contribution in [-0.4, -0.2) is 31.6 Å². The third-order valence-corrected chi connectivity index (χ3v) is 11.8. The summed E-state index contributed by atoms with van der Waals surface area (Å²) in [6.45, 7) is 6.80. The summed E-state index contributed by atoms with van der Waals surface area (Å²) in [5.74, 6) is -0.845. The van der Waals surface area contributed by atoms with Crippen LogP contribution in [0.3, 0.4) is 0 Å². The molecule has 1 aliphatic heterocycles. The van der Waals surface area contributed by atoms with Gasteiger partial charge in [0.2, 0.25) is 0 Å². The van der Waals surface area contributed by atoms with E-state index in [-0.39, 0.29) is 29.8 Å². The molecule has 5 heteroatoms. The predicted octanol–water partition coefficient (Wildman–Crippen LogP) is 5.33. The van der Waals surface area contributed by atoms with Gasteiger partial charge in [0.25, 0.3) is 8.32 Å². The molecule has 3 aromatic carbocycles. The number of benzene rings is 3. The molecule has 1 N–H and O–H groups in total. The molecule has 4 nitrogen and oxygen atoms in total. The molecule has 0 unspecified atom stereocenters. The first-order valence-electron chi connectivity index (χ1n) is 12.0. The van der Waals surface area contributed by atoms with Crippen LogP contribution >= 0.6 is 0 Å². The summed E-state index contributed by atoms with van der Waals surface area (Å²) < 4.78 is 13.6. The van der Waals surface area contributed by atoms with Crippen molar-refractivity contribution in [2.24, 2.45) is 0 Å². The Balaban J connectivity index is 1.77. The van der Waals surface area contributed by atoms with E-state index < -0.39 is 14.3 Å². The summed E-state index contributed by atoms with van der Waals surface area (Å²) in [6, 6.07) is 31.2. The lowest BCUT2D eigenvalue weighted by molar-refractivity contribution is -0.146. The molecule has 178 valence electrons. The Labute approximate surface area is 203 Å². The number of hydrogen-bond acceptors (Lipinski definition) is 3. The Morgan fingerprint density at radius 2 is 1.38 bits per heavy atom. The van der Waals surface area contributed by atoms with E-state index >= 15 is 0 Å². The third kappa shape index (κ3) is 5.17. The van der Waals surface area contributed by atoms with Gasteiger partial charge in [-0.05, 0) is 27.4 Å². The van der Waals surface area contributed by atoms with Gasteiger partial charge in [0.15, 0.2) is 0 Å². The van der Waals surface area contributed by atoms with Crippen molar-refractivity contribution in [2.45, 2.75) is 63.4 Å². The van der Waals surface area contributed by atoms with Gasteiger partial charge < -0.3 is 14.3 Å². The van der Waals surface area contributed by atoms with E-state index in [4.69, 9.17) is 9.16 Å². The molecule has 0 bridgehead atoms. The molecule has 0 aromatic heterocycles. The van der Waals surface area contributed by atoms with Crippen molar-refractivity contribution >= 4 is 24.7 Å². The minimum absolute atomic E-state index is 0.0239. The van der Waals surface area contributed by atoms with Crippen molar-refractivity contribution in [1.29, 1.82) is 0 Å². The van der Waals surface area contributed by atoms with Crippen LogP contribution in [0.1, 0.15) is 51.7 Å². The SMILES string of the molecule is CC(C)(C)[Si](O[C@@H]1C[C@@H](CC(=O)O)O[C@@H](c2ccccc2)C1)(c1ccccc1)c1ccccc1. The zero-order valence-corrected chi connectivity index (χ0v) is 21.2. The van der Waals surface area contributed by atoms with E-state index in [0.717, 1.165) is 5.56 Å². The third-order valence-electron chi connectivity index (χ3n) is 6.69. The second-order valence-corrected chi connectivity index (χ2v) is 14.4. The molecule has 0 aliphatic carbocycles. The molecular formula is C29H34O4Si. The topological polar surface area (TPSA) is 55.8 Å². The standard InChI is InChI=1S/C29H34O4Si/c1-29(2,3)34(25-15-9-5-10-16-25,26-17-11-6-12-18-26)33-24-19-23(21-28(30)31)32-27(20-24)22-13-7-4-8-14-22/h4-18,23-24,27H,19-21H2,1-3H3,(H,30,31)/t23-,24+,27+/m0/s1. The smallest absolute Gasteiger partial charge is 0.305 e. The molecule has 3 atom stereocenters. The fraction of sp³-hybridized carbons (Fsp3) is 0.345. The summed E-state index contributed by atoms with van der Waals surface area (Å²) >= 11 is 0. The Morgan fingerprint density at radius 1 is 0.882 bits per heavy atom. The highest BCUT2D eigenvalue weighted by Crippen LogP contribution is 2.41. The van der Waals surface area contributed by atoms with Gasteiger partial charge in [-0.2, -0.15) is 0 Å². The van der Waals surface area contributed by atoms with E-state index in [0.29, 0.717) is 12.8 Å². The van der Waals surface area contributed by atoms with Crippen LogP contribution in [0, 0.1) is 0 Å². The summed E-state index contributed by atoms with van der Waals surface area (Å²) in [5, 5.41) is 11.8. The molecule has 1 heterocycles. The highest BCUT2D eigenvalue weighted by atomic mass is 28.4. The normalized spacial score (nSPS) is 21.2. The number of rotatable bonds is 7. The largest absolute Gasteiger partial charge is 0.481 e. The maximum atomic E-state index is 11.6. The van der Waals surface area contributed by atoms with Gasteiger partial charge in [0, 0.05) is 6.42 Å². The molecule has 1 aliphatic rings. The van der Waals surface area contributed by atoms with E-state index in [2.05, 4.69) is 69.3 Å². The number of carbonyl (C=O) groups is 1. The van der Waals surface area contributed by atoms with Crippen LogP contribution in [0.25, 0.3) is 0 Å². The van der Waals surface area contributed by atoms with Crippen LogP contribution in [-0.2, 0) is 14.0 Å². The Morgan fingerprint density at radius 3 is 1.85 bits per heavy atom. The van der Waals surface area contributed by atoms with Gasteiger partial charge in [0.05, 0.1) is 24.7 Å². The minimum atomic E-state index is -2.74. The second-order valence-electron chi connectivity index (χ2n) is 10.1. The Bertz CT molecular complexity index is 1020. The van der Waals surface area contributed by atoms with Gasteiger partial charge in [-0.3, -0.25) is 4.79 Å². The first kappa shape index (κ1) is 24.4. The minimum Gasteiger partial charge on any atom is -0.481 e.